The van der Waals surface area contributed by atoms with Crippen molar-refractivity contribution in [2.45, 2.75) is 33.7 Å². The van der Waals surface area contributed by atoms with Crippen molar-refractivity contribution in [1.82, 2.24) is 5.32 Å². The van der Waals surface area contributed by atoms with Gasteiger partial charge < -0.3 is 9.73 Å². The molecule has 0 bridgehead atoms. The molecular formula is C14H19NOS. The van der Waals surface area contributed by atoms with Crippen molar-refractivity contribution in [2.24, 2.45) is 0 Å². The lowest BCUT2D eigenvalue weighted by Crippen LogP contribution is -2.21. The van der Waals surface area contributed by atoms with Gasteiger partial charge in [-0.2, -0.15) is 0 Å². The predicted octanol–water partition coefficient (Wildman–Crippen LogP) is 3.97. The van der Waals surface area contributed by atoms with Crippen LogP contribution in [0.1, 0.15) is 39.8 Å². The van der Waals surface area contributed by atoms with Gasteiger partial charge in [-0.25, -0.2) is 0 Å². The fourth-order valence-electron chi connectivity index (χ4n) is 2.11. The first-order valence-corrected chi connectivity index (χ1v) is 6.80. The number of nitrogens with one attached hydrogen (secondary N) is 1. The smallest absolute Gasteiger partial charge is 0.106 e. The largest absolute Gasteiger partial charge is 0.466 e. The molecule has 0 aliphatic carbocycles. The van der Waals surface area contributed by atoms with Gasteiger partial charge in [-0.05, 0) is 45.5 Å². The van der Waals surface area contributed by atoms with Gasteiger partial charge in [0.15, 0.2) is 0 Å². The maximum absolute atomic E-state index is 5.63. The lowest BCUT2D eigenvalue weighted by molar-refractivity contribution is 0.495. The van der Waals surface area contributed by atoms with E-state index in [2.05, 4.69) is 37.4 Å². The van der Waals surface area contributed by atoms with Gasteiger partial charge in [-0.1, -0.05) is 6.92 Å². The van der Waals surface area contributed by atoms with Gasteiger partial charge in [0.2, 0.25) is 0 Å². The van der Waals surface area contributed by atoms with Crippen molar-refractivity contribution < 1.29 is 4.42 Å². The molecule has 0 radical (unpaired) electrons. The van der Waals surface area contributed by atoms with Crippen LogP contribution in [0.25, 0.3) is 0 Å². The molecule has 1 N–H and O–H groups in total. The van der Waals surface area contributed by atoms with Gasteiger partial charge in [-0.15, -0.1) is 11.3 Å². The molecule has 0 aliphatic rings. The highest BCUT2D eigenvalue weighted by Crippen LogP contribution is 2.31. The van der Waals surface area contributed by atoms with Gasteiger partial charge in [0, 0.05) is 15.3 Å². The first-order chi connectivity index (χ1) is 8.11. The van der Waals surface area contributed by atoms with E-state index < -0.39 is 0 Å². The molecule has 0 saturated carbocycles. The van der Waals surface area contributed by atoms with E-state index in [4.69, 9.17) is 4.42 Å². The number of thiophene rings is 1. The van der Waals surface area contributed by atoms with Crippen LogP contribution in [0.2, 0.25) is 0 Å². The van der Waals surface area contributed by atoms with E-state index in [0.29, 0.717) is 0 Å². The predicted molar refractivity (Wildman–Crippen MR) is 72.8 cm³/mol. The number of aryl methyl sites for hydroxylation is 3. The van der Waals surface area contributed by atoms with Gasteiger partial charge in [-0.3, -0.25) is 0 Å². The zero-order valence-electron chi connectivity index (χ0n) is 10.8. The van der Waals surface area contributed by atoms with Gasteiger partial charge in [0.1, 0.15) is 11.5 Å². The molecule has 1 unspecified atom stereocenters. The quantitative estimate of drug-likeness (QED) is 0.887. The molecule has 0 saturated heterocycles. The minimum absolute atomic E-state index is 0.260. The molecule has 0 amide bonds. The van der Waals surface area contributed by atoms with E-state index in [9.17, 15) is 0 Å². The van der Waals surface area contributed by atoms with Crippen molar-refractivity contribution in [3.8, 4) is 0 Å². The molecule has 3 heteroatoms. The average Bonchev–Trinajstić information content (AvgIpc) is 2.82. The van der Waals surface area contributed by atoms with E-state index in [1.807, 2.05) is 25.2 Å². The summed E-state index contributed by atoms with van der Waals surface area (Å²) in [4.78, 5) is 2.70. The van der Waals surface area contributed by atoms with Gasteiger partial charge in [0.05, 0.1) is 6.04 Å². The summed E-state index contributed by atoms with van der Waals surface area (Å²) < 4.78 is 5.63. The number of furan rings is 1. The van der Waals surface area contributed by atoms with Crippen molar-refractivity contribution in [2.75, 3.05) is 6.54 Å². The Bertz CT molecular complexity index is 498. The molecule has 1 atom stereocenters. The van der Waals surface area contributed by atoms with Crippen LogP contribution in [0.5, 0.6) is 0 Å². The third-order valence-corrected chi connectivity index (χ3v) is 3.91. The number of rotatable bonds is 4. The standard InChI is InChI=1S/C14H19NOS/c1-5-15-14(13-7-6-10(3)17-13)12-8-9(2)16-11(12)4/h6-8,14-15H,5H2,1-4H3. The summed E-state index contributed by atoms with van der Waals surface area (Å²) in [5.41, 5.74) is 1.26. The Kier molecular flexibility index (Phi) is 3.69. The molecule has 0 aliphatic heterocycles. The molecule has 0 aromatic carbocycles. The number of hydrogen-bond donors (Lipinski definition) is 1. The van der Waals surface area contributed by atoms with Gasteiger partial charge >= 0.3 is 0 Å². The fourth-order valence-corrected chi connectivity index (χ4v) is 3.09. The molecule has 0 fully saturated rings. The second-order valence-electron chi connectivity index (χ2n) is 4.31. The molecule has 17 heavy (non-hydrogen) atoms. The van der Waals surface area contributed by atoms with Crippen LogP contribution in [0.15, 0.2) is 22.6 Å². The zero-order valence-corrected chi connectivity index (χ0v) is 11.6. The molecule has 2 rings (SSSR count). The van der Waals surface area contributed by atoms with Crippen LogP contribution in [0.4, 0.5) is 0 Å². The average molecular weight is 249 g/mol. The minimum atomic E-state index is 0.260. The Morgan fingerprint density at radius 3 is 2.53 bits per heavy atom. The molecule has 2 aromatic rings. The van der Waals surface area contributed by atoms with E-state index in [0.717, 1.165) is 18.1 Å². The highest BCUT2D eigenvalue weighted by molar-refractivity contribution is 7.12. The molecule has 2 heterocycles. The highest BCUT2D eigenvalue weighted by atomic mass is 32.1. The normalized spacial score (nSPS) is 12.9. The minimum Gasteiger partial charge on any atom is -0.466 e. The Morgan fingerprint density at radius 2 is 2.06 bits per heavy atom. The van der Waals surface area contributed by atoms with E-state index in [1.165, 1.54) is 15.3 Å². The summed E-state index contributed by atoms with van der Waals surface area (Å²) in [5, 5.41) is 3.53. The topological polar surface area (TPSA) is 25.2 Å². The van der Waals surface area contributed by atoms with Crippen LogP contribution in [-0.4, -0.2) is 6.54 Å². The number of hydrogen-bond acceptors (Lipinski definition) is 3. The second-order valence-corrected chi connectivity index (χ2v) is 5.63. The van der Waals surface area contributed by atoms with Crippen molar-refractivity contribution in [3.63, 3.8) is 0 Å². The summed E-state index contributed by atoms with van der Waals surface area (Å²) in [6, 6.07) is 6.77. The summed E-state index contributed by atoms with van der Waals surface area (Å²) in [7, 11) is 0. The maximum atomic E-state index is 5.63. The van der Waals surface area contributed by atoms with Crippen molar-refractivity contribution in [3.05, 3.63) is 45.0 Å². The van der Waals surface area contributed by atoms with Crippen LogP contribution < -0.4 is 5.32 Å². The van der Waals surface area contributed by atoms with Crippen LogP contribution in [-0.2, 0) is 0 Å². The monoisotopic (exact) mass is 249 g/mol. The third kappa shape index (κ3) is 2.61. The maximum Gasteiger partial charge on any atom is 0.106 e. The highest BCUT2D eigenvalue weighted by Gasteiger charge is 2.19. The van der Waals surface area contributed by atoms with Crippen LogP contribution in [0, 0.1) is 20.8 Å². The molecule has 2 nitrogen and oxygen atoms in total. The summed E-state index contributed by atoms with van der Waals surface area (Å²) in [6.45, 7) is 9.26. The summed E-state index contributed by atoms with van der Waals surface area (Å²) >= 11 is 1.84. The van der Waals surface area contributed by atoms with E-state index >= 15 is 0 Å². The molecule has 92 valence electrons. The van der Waals surface area contributed by atoms with Crippen molar-refractivity contribution in [1.29, 1.82) is 0 Å². The fraction of sp³-hybridized carbons (Fsp3) is 0.429. The SMILES string of the molecule is CCNC(c1ccc(C)s1)c1cc(C)oc1C. The molecule has 2 aromatic heterocycles. The summed E-state index contributed by atoms with van der Waals surface area (Å²) in [5.74, 6) is 1.99. The Balaban J connectivity index is 2.38. The van der Waals surface area contributed by atoms with Crippen LogP contribution in [0.3, 0.4) is 0 Å². The lowest BCUT2D eigenvalue weighted by atomic mass is 10.1. The first-order valence-electron chi connectivity index (χ1n) is 5.98. The lowest BCUT2D eigenvalue weighted by Gasteiger charge is -2.15. The van der Waals surface area contributed by atoms with E-state index in [-0.39, 0.29) is 6.04 Å². The van der Waals surface area contributed by atoms with Gasteiger partial charge in [0.25, 0.3) is 0 Å². The Morgan fingerprint density at radius 1 is 1.29 bits per heavy atom. The van der Waals surface area contributed by atoms with Crippen LogP contribution >= 0.6 is 11.3 Å². The Hall–Kier alpha value is -1.06. The Labute approximate surface area is 107 Å². The third-order valence-electron chi connectivity index (χ3n) is 2.84. The van der Waals surface area contributed by atoms with Crippen molar-refractivity contribution >= 4 is 11.3 Å². The first kappa shape index (κ1) is 12.4. The zero-order chi connectivity index (χ0) is 12.4. The second kappa shape index (κ2) is 5.07. The van der Waals surface area contributed by atoms with E-state index in [1.54, 1.807) is 0 Å². The molecule has 0 spiro atoms. The molecular weight excluding hydrogens is 230 g/mol. The summed E-state index contributed by atoms with van der Waals surface area (Å²) in [6.07, 6.45) is 0.